The molecule has 0 radical (unpaired) electrons. The van der Waals surface area contributed by atoms with Gasteiger partial charge in [0, 0.05) is 25.2 Å². The number of carbonyl (C=O) groups excluding carboxylic acids is 1. The van der Waals surface area contributed by atoms with Crippen LogP contribution in [0.15, 0.2) is 41.8 Å². The van der Waals surface area contributed by atoms with Crippen LogP contribution in [0.25, 0.3) is 0 Å². The van der Waals surface area contributed by atoms with Crippen molar-refractivity contribution in [3.8, 4) is 0 Å². The Kier molecular flexibility index (Phi) is 6.92. The fraction of sp³-hybridized carbons (Fsp3) is 0.333. The third kappa shape index (κ3) is 5.50. The van der Waals surface area contributed by atoms with Gasteiger partial charge in [0.15, 0.2) is 0 Å². The van der Waals surface area contributed by atoms with Gasteiger partial charge in [-0.1, -0.05) is 6.08 Å². The third-order valence-corrected chi connectivity index (χ3v) is 4.53. The standard InChI is InChI=1S/C15H20N2O5S/c1-3-10-16-23(21,22)13-7-5-12(6-8-13)15(20)17(4-2)11-9-14(18)19/h3,5-8,16H,1,4,9-11H2,2H3,(H,18,19). The molecule has 0 bridgehead atoms. The Hall–Kier alpha value is -2.19. The highest BCUT2D eigenvalue weighted by Gasteiger charge is 2.17. The van der Waals surface area contributed by atoms with E-state index in [-0.39, 0.29) is 30.3 Å². The first-order valence-corrected chi connectivity index (χ1v) is 8.51. The maximum atomic E-state index is 12.3. The summed E-state index contributed by atoms with van der Waals surface area (Å²) >= 11 is 0. The summed E-state index contributed by atoms with van der Waals surface area (Å²) in [5.74, 6) is -1.32. The fourth-order valence-electron chi connectivity index (χ4n) is 1.85. The molecule has 23 heavy (non-hydrogen) atoms. The topological polar surface area (TPSA) is 104 Å². The SMILES string of the molecule is C=CCNS(=O)(=O)c1ccc(C(=O)N(CC)CCC(=O)O)cc1. The van der Waals surface area contributed by atoms with Crippen LogP contribution in [-0.2, 0) is 14.8 Å². The van der Waals surface area contributed by atoms with Gasteiger partial charge in [-0.3, -0.25) is 9.59 Å². The Morgan fingerprint density at radius 3 is 2.39 bits per heavy atom. The summed E-state index contributed by atoms with van der Waals surface area (Å²) < 4.78 is 26.2. The molecule has 1 aromatic carbocycles. The predicted octanol–water partition coefficient (Wildman–Crippen LogP) is 1.09. The van der Waals surface area contributed by atoms with E-state index in [9.17, 15) is 18.0 Å². The first kappa shape index (κ1) is 18.9. The number of carboxylic acid groups (broad SMARTS) is 1. The van der Waals surface area contributed by atoms with Gasteiger partial charge in [-0.15, -0.1) is 6.58 Å². The van der Waals surface area contributed by atoms with Gasteiger partial charge in [-0.25, -0.2) is 13.1 Å². The van der Waals surface area contributed by atoms with Gasteiger partial charge in [0.1, 0.15) is 0 Å². The molecule has 126 valence electrons. The van der Waals surface area contributed by atoms with E-state index in [1.54, 1.807) is 6.92 Å². The first-order chi connectivity index (χ1) is 10.8. The molecule has 0 aromatic heterocycles. The zero-order valence-corrected chi connectivity index (χ0v) is 13.7. The van der Waals surface area contributed by atoms with Crippen LogP contribution in [-0.4, -0.2) is 49.9 Å². The summed E-state index contributed by atoms with van der Waals surface area (Å²) in [6, 6.07) is 5.50. The molecule has 0 aliphatic carbocycles. The summed E-state index contributed by atoms with van der Waals surface area (Å²) in [7, 11) is -3.64. The molecule has 0 saturated heterocycles. The zero-order chi connectivity index (χ0) is 17.5. The monoisotopic (exact) mass is 340 g/mol. The normalized spacial score (nSPS) is 11.0. The second kappa shape index (κ2) is 8.44. The van der Waals surface area contributed by atoms with E-state index in [2.05, 4.69) is 11.3 Å². The lowest BCUT2D eigenvalue weighted by atomic mass is 10.2. The fourth-order valence-corrected chi connectivity index (χ4v) is 2.84. The number of nitrogens with one attached hydrogen (secondary N) is 1. The van der Waals surface area contributed by atoms with Gasteiger partial charge >= 0.3 is 5.97 Å². The number of sulfonamides is 1. The zero-order valence-electron chi connectivity index (χ0n) is 12.9. The Morgan fingerprint density at radius 2 is 1.91 bits per heavy atom. The molecule has 2 N–H and O–H groups in total. The average molecular weight is 340 g/mol. The maximum absolute atomic E-state index is 12.3. The maximum Gasteiger partial charge on any atom is 0.305 e. The summed E-state index contributed by atoms with van der Waals surface area (Å²) in [5.41, 5.74) is 0.305. The highest BCUT2D eigenvalue weighted by Crippen LogP contribution is 2.12. The van der Waals surface area contributed by atoms with E-state index < -0.39 is 16.0 Å². The molecule has 0 atom stereocenters. The van der Waals surface area contributed by atoms with Gasteiger partial charge in [-0.2, -0.15) is 0 Å². The Balaban J connectivity index is 2.88. The van der Waals surface area contributed by atoms with Crippen molar-refractivity contribution in [2.45, 2.75) is 18.2 Å². The molecule has 0 aliphatic heterocycles. The number of hydrogen-bond acceptors (Lipinski definition) is 4. The van der Waals surface area contributed by atoms with Crippen molar-refractivity contribution in [2.24, 2.45) is 0 Å². The molecule has 0 spiro atoms. The van der Waals surface area contributed by atoms with Crippen molar-refractivity contribution >= 4 is 21.9 Å². The van der Waals surface area contributed by atoms with Crippen LogP contribution in [0.2, 0.25) is 0 Å². The third-order valence-electron chi connectivity index (χ3n) is 3.09. The van der Waals surface area contributed by atoms with E-state index >= 15 is 0 Å². The van der Waals surface area contributed by atoms with Crippen molar-refractivity contribution in [2.75, 3.05) is 19.6 Å². The van der Waals surface area contributed by atoms with E-state index in [0.717, 1.165) is 0 Å². The van der Waals surface area contributed by atoms with Crippen LogP contribution in [0.3, 0.4) is 0 Å². The van der Waals surface area contributed by atoms with E-state index in [1.807, 2.05) is 0 Å². The number of aliphatic carboxylic acids is 1. The van der Waals surface area contributed by atoms with Crippen molar-refractivity contribution in [3.05, 3.63) is 42.5 Å². The van der Waals surface area contributed by atoms with Crippen LogP contribution in [0, 0.1) is 0 Å². The second-order valence-corrected chi connectivity index (χ2v) is 6.46. The molecule has 0 fully saturated rings. The molecule has 8 heteroatoms. The molecule has 1 rings (SSSR count). The number of rotatable bonds is 9. The minimum Gasteiger partial charge on any atom is -0.481 e. The quantitative estimate of drug-likeness (QED) is 0.655. The number of amides is 1. The van der Waals surface area contributed by atoms with E-state index in [1.165, 1.54) is 35.2 Å². The molecule has 0 heterocycles. The van der Waals surface area contributed by atoms with E-state index in [0.29, 0.717) is 12.1 Å². The molecule has 7 nitrogen and oxygen atoms in total. The molecular formula is C15H20N2O5S. The summed E-state index contributed by atoms with van der Waals surface area (Å²) in [4.78, 5) is 24.3. The molecular weight excluding hydrogens is 320 g/mol. The summed E-state index contributed by atoms with van der Waals surface area (Å²) in [6.07, 6.45) is 1.29. The van der Waals surface area contributed by atoms with Gasteiger partial charge in [-0.05, 0) is 31.2 Å². The predicted molar refractivity (Wildman–Crippen MR) is 85.7 cm³/mol. The van der Waals surface area contributed by atoms with Crippen LogP contribution >= 0.6 is 0 Å². The molecule has 0 unspecified atom stereocenters. The average Bonchev–Trinajstić information content (AvgIpc) is 2.53. The van der Waals surface area contributed by atoms with Crippen LogP contribution < -0.4 is 4.72 Å². The summed E-state index contributed by atoms with van der Waals surface area (Å²) in [5, 5.41) is 8.69. The van der Waals surface area contributed by atoms with Crippen LogP contribution in [0.4, 0.5) is 0 Å². The lowest BCUT2D eigenvalue weighted by Gasteiger charge is -2.20. The number of hydrogen-bond donors (Lipinski definition) is 2. The lowest BCUT2D eigenvalue weighted by molar-refractivity contribution is -0.137. The van der Waals surface area contributed by atoms with E-state index in [4.69, 9.17) is 5.11 Å². The highest BCUT2D eigenvalue weighted by molar-refractivity contribution is 7.89. The van der Waals surface area contributed by atoms with Gasteiger partial charge < -0.3 is 10.0 Å². The number of carboxylic acids is 1. The van der Waals surface area contributed by atoms with Gasteiger partial charge in [0.05, 0.1) is 11.3 Å². The molecule has 0 saturated carbocycles. The van der Waals surface area contributed by atoms with Crippen molar-refractivity contribution in [1.29, 1.82) is 0 Å². The van der Waals surface area contributed by atoms with Gasteiger partial charge in [0.2, 0.25) is 10.0 Å². The Labute approximate surface area is 135 Å². The smallest absolute Gasteiger partial charge is 0.305 e. The Bertz CT molecular complexity index is 668. The van der Waals surface area contributed by atoms with Crippen molar-refractivity contribution < 1.29 is 23.1 Å². The Morgan fingerprint density at radius 1 is 1.30 bits per heavy atom. The molecule has 1 aromatic rings. The highest BCUT2D eigenvalue weighted by atomic mass is 32.2. The largest absolute Gasteiger partial charge is 0.481 e. The molecule has 1 amide bonds. The number of benzene rings is 1. The second-order valence-electron chi connectivity index (χ2n) is 4.69. The molecule has 0 aliphatic rings. The van der Waals surface area contributed by atoms with Gasteiger partial charge in [0.25, 0.3) is 5.91 Å². The van der Waals surface area contributed by atoms with Crippen molar-refractivity contribution in [1.82, 2.24) is 9.62 Å². The minimum absolute atomic E-state index is 0.0458. The van der Waals surface area contributed by atoms with Crippen LogP contribution in [0.5, 0.6) is 0 Å². The number of nitrogens with zero attached hydrogens (tertiary/aromatic N) is 1. The van der Waals surface area contributed by atoms with Crippen molar-refractivity contribution in [3.63, 3.8) is 0 Å². The number of carbonyl (C=O) groups is 2. The van der Waals surface area contributed by atoms with Crippen LogP contribution in [0.1, 0.15) is 23.7 Å². The summed E-state index contributed by atoms with van der Waals surface area (Å²) in [6.45, 7) is 5.77. The lowest BCUT2D eigenvalue weighted by Crippen LogP contribution is -2.32. The minimum atomic E-state index is -3.64. The first-order valence-electron chi connectivity index (χ1n) is 7.03.